The number of nitriles is 1. The fourth-order valence-corrected chi connectivity index (χ4v) is 9.76. The lowest BCUT2D eigenvalue weighted by Crippen LogP contribution is -2.39. The molecule has 1 fully saturated rings. The number of hydrogen-bond donors (Lipinski definition) is 3. The molecular formula is C50H62F3N6O10P. The van der Waals surface area contributed by atoms with E-state index in [0.29, 0.717) is 37.2 Å². The van der Waals surface area contributed by atoms with Crippen LogP contribution in [0.1, 0.15) is 94.7 Å². The van der Waals surface area contributed by atoms with Crippen molar-refractivity contribution >= 4 is 26.4 Å². The van der Waals surface area contributed by atoms with E-state index in [2.05, 4.69) is 21.0 Å². The van der Waals surface area contributed by atoms with Crippen molar-refractivity contribution < 1.29 is 50.8 Å². The van der Waals surface area contributed by atoms with Gasteiger partial charge in [-0.2, -0.15) is 18.4 Å². The minimum atomic E-state index is -4.93. The number of ether oxygens (including phenoxy) is 4. The van der Waals surface area contributed by atoms with Crippen molar-refractivity contribution in [3.8, 4) is 17.6 Å². The van der Waals surface area contributed by atoms with Gasteiger partial charge in [0, 0.05) is 43.9 Å². The second kappa shape index (κ2) is 26.4. The molecule has 3 aromatic carbocycles. The van der Waals surface area contributed by atoms with Gasteiger partial charge in [0.25, 0.3) is 14.1 Å². The number of H-pyrrole nitrogens is 1. The van der Waals surface area contributed by atoms with Crippen molar-refractivity contribution in [1.29, 1.82) is 5.26 Å². The fourth-order valence-electron chi connectivity index (χ4n) is 8.00. The van der Waals surface area contributed by atoms with Crippen LogP contribution in [0.2, 0.25) is 0 Å². The highest BCUT2D eigenvalue weighted by atomic mass is 31.2. The van der Waals surface area contributed by atoms with Crippen molar-refractivity contribution in [3.63, 3.8) is 0 Å². The number of halogens is 3. The predicted molar refractivity (Wildman–Crippen MR) is 258 cm³/mol. The summed E-state index contributed by atoms with van der Waals surface area (Å²) in [6.45, 7) is 8.25. The van der Waals surface area contributed by atoms with E-state index < -0.39 is 61.8 Å². The van der Waals surface area contributed by atoms with Gasteiger partial charge >= 0.3 is 17.8 Å². The molecule has 1 aliphatic rings. The average Bonchev–Trinajstić information content (AvgIpc) is 3.74. The molecule has 0 spiro atoms. The summed E-state index contributed by atoms with van der Waals surface area (Å²) >= 11 is 0. The molecular weight excluding hydrogens is 933 g/mol. The molecule has 70 heavy (non-hydrogen) atoms. The maximum absolute atomic E-state index is 13.6. The zero-order valence-electron chi connectivity index (χ0n) is 40.2. The van der Waals surface area contributed by atoms with E-state index in [1.807, 2.05) is 112 Å². The first-order valence-electron chi connectivity index (χ1n) is 23.1. The van der Waals surface area contributed by atoms with Crippen LogP contribution in [-0.2, 0) is 33.7 Å². The van der Waals surface area contributed by atoms with Crippen LogP contribution in [0.25, 0.3) is 6.08 Å². The number of hydrogen-bond acceptors (Lipinski definition) is 12. The van der Waals surface area contributed by atoms with E-state index in [-0.39, 0.29) is 56.8 Å². The van der Waals surface area contributed by atoms with Crippen LogP contribution in [-0.4, -0.2) is 97.0 Å². The lowest BCUT2D eigenvalue weighted by atomic mass is 9.80. The molecule has 3 N–H and O–H groups in total. The number of methoxy groups -OCH3 is 2. The van der Waals surface area contributed by atoms with Gasteiger partial charge < -0.3 is 38.6 Å². The highest BCUT2D eigenvalue weighted by Gasteiger charge is 2.45. The van der Waals surface area contributed by atoms with Crippen molar-refractivity contribution in [1.82, 2.24) is 24.9 Å². The standard InChI is InChI=1S/C50H62F3N6O10P/c1-34(2)59(35(3)4)70(67-30-14-27-54)69-42-31-45(58-32-36(46(61)57-48(58)63)17-26-44(60)55-28-12-7-8-13-29-56-47(62)50(51,52)53)68-43(42)33-66-49(37-15-10-9-11-16-37,38-18-22-40(64-5)23-19-38)39-20-24-41(65-6)25-21-39/h9-11,15-26,32,34-35,42-43,45H,7-8,12-14,28-31,33H2,1-6H3,(H,55,60)(H,56,62)(H,57,61,63)/b26-17+/t42-,43+,45+,70?/m0/s1. The van der Waals surface area contributed by atoms with Crippen LogP contribution < -0.4 is 31.4 Å². The zero-order valence-corrected chi connectivity index (χ0v) is 41.1. The Kier molecular flexibility index (Phi) is 20.7. The zero-order chi connectivity index (χ0) is 50.8. The number of aromatic amines is 1. The Morgan fingerprint density at radius 1 is 0.886 bits per heavy atom. The van der Waals surface area contributed by atoms with E-state index in [9.17, 15) is 37.6 Å². The minimum Gasteiger partial charge on any atom is -0.497 e. The Labute approximate surface area is 407 Å². The maximum Gasteiger partial charge on any atom is 0.471 e. The van der Waals surface area contributed by atoms with Crippen LogP contribution in [0.5, 0.6) is 11.5 Å². The topological polar surface area (TPSA) is 195 Å². The molecule has 20 heteroatoms. The van der Waals surface area contributed by atoms with E-state index in [4.69, 9.17) is 28.0 Å². The molecule has 2 amide bonds. The molecule has 378 valence electrons. The number of carbonyl (C=O) groups is 2. The van der Waals surface area contributed by atoms with E-state index in [1.165, 1.54) is 16.8 Å². The van der Waals surface area contributed by atoms with Gasteiger partial charge in [0.2, 0.25) is 5.91 Å². The molecule has 1 unspecified atom stereocenters. The molecule has 2 heterocycles. The molecule has 5 rings (SSSR count). The quantitative estimate of drug-likeness (QED) is 0.0239. The number of rotatable bonds is 26. The van der Waals surface area contributed by atoms with Crippen LogP contribution in [0.4, 0.5) is 13.2 Å². The molecule has 0 radical (unpaired) electrons. The number of amides is 2. The molecule has 1 saturated heterocycles. The summed E-state index contributed by atoms with van der Waals surface area (Å²) in [7, 11) is 1.38. The monoisotopic (exact) mass is 994 g/mol. The molecule has 1 aliphatic heterocycles. The number of alkyl halides is 3. The molecule has 0 aliphatic carbocycles. The van der Waals surface area contributed by atoms with Crippen molar-refractivity contribution in [2.24, 2.45) is 0 Å². The van der Waals surface area contributed by atoms with Crippen LogP contribution in [0.3, 0.4) is 0 Å². The number of nitrogens with zero attached hydrogens (tertiary/aromatic N) is 3. The van der Waals surface area contributed by atoms with Crippen LogP contribution in [0.15, 0.2) is 101 Å². The molecule has 4 aromatic rings. The van der Waals surface area contributed by atoms with Gasteiger partial charge in [-0.3, -0.25) is 23.9 Å². The van der Waals surface area contributed by atoms with Gasteiger partial charge in [0.15, 0.2) is 0 Å². The number of nitrogens with one attached hydrogen (secondary N) is 3. The molecule has 4 atom stereocenters. The molecule has 16 nitrogen and oxygen atoms in total. The van der Waals surface area contributed by atoms with Gasteiger partial charge in [0.05, 0.1) is 51.6 Å². The molecule has 0 bridgehead atoms. The Balaban J connectivity index is 1.44. The second-order valence-electron chi connectivity index (χ2n) is 16.9. The normalized spacial score (nSPS) is 16.7. The summed E-state index contributed by atoms with van der Waals surface area (Å²) in [4.78, 5) is 52.8. The molecule has 0 saturated carbocycles. The summed E-state index contributed by atoms with van der Waals surface area (Å²) in [5.74, 6) is -1.21. The first-order valence-corrected chi connectivity index (χ1v) is 24.2. The van der Waals surface area contributed by atoms with Gasteiger partial charge in [-0.25, -0.2) is 9.46 Å². The Hall–Kier alpha value is -5.87. The molecule has 1 aromatic heterocycles. The Morgan fingerprint density at radius 2 is 1.46 bits per heavy atom. The Morgan fingerprint density at radius 3 is 2.00 bits per heavy atom. The lowest BCUT2D eigenvalue weighted by molar-refractivity contribution is -0.173. The third kappa shape index (κ3) is 14.8. The van der Waals surface area contributed by atoms with E-state index in [0.717, 1.165) is 22.8 Å². The Bertz CT molecular complexity index is 2420. The maximum atomic E-state index is 13.6. The third-order valence-electron chi connectivity index (χ3n) is 11.4. The highest BCUT2D eigenvalue weighted by molar-refractivity contribution is 7.44. The largest absolute Gasteiger partial charge is 0.497 e. The number of unbranched alkanes of at least 4 members (excludes halogenated alkanes) is 3. The van der Waals surface area contributed by atoms with Crippen molar-refractivity contribution in [2.45, 2.75) is 109 Å². The van der Waals surface area contributed by atoms with Crippen LogP contribution >= 0.6 is 8.53 Å². The number of carbonyl (C=O) groups excluding carboxylic acids is 2. The smallest absolute Gasteiger partial charge is 0.471 e. The first kappa shape index (κ1) is 55.1. The van der Waals surface area contributed by atoms with Gasteiger partial charge in [-0.15, -0.1) is 0 Å². The lowest BCUT2D eigenvalue weighted by Gasteiger charge is -2.39. The third-order valence-corrected chi connectivity index (χ3v) is 13.5. The summed E-state index contributed by atoms with van der Waals surface area (Å²) in [6, 6.07) is 26.9. The van der Waals surface area contributed by atoms with Gasteiger partial charge in [0.1, 0.15) is 29.4 Å². The van der Waals surface area contributed by atoms with E-state index >= 15 is 0 Å². The summed E-state index contributed by atoms with van der Waals surface area (Å²) < 4.78 is 78.8. The summed E-state index contributed by atoms with van der Waals surface area (Å²) in [6.07, 6.45) is -1.57. The van der Waals surface area contributed by atoms with E-state index in [1.54, 1.807) is 14.2 Å². The summed E-state index contributed by atoms with van der Waals surface area (Å²) in [5.41, 5.74) is -0.396. The minimum absolute atomic E-state index is 0.00796. The van der Waals surface area contributed by atoms with Crippen molar-refractivity contribution in [2.75, 3.05) is 40.5 Å². The predicted octanol–water partition coefficient (Wildman–Crippen LogP) is 7.88. The SMILES string of the molecule is COc1ccc(C(OC[C@H]2O[C@@H](n3cc(/C=C/C(=O)NCCCCCCNC(=O)C(F)(F)F)c(=O)[nH]c3=O)C[C@@H]2OP(OCCC#N)N(C(C)C)C(C)C)(c2ccccc2)c2ccc(OC)cc2)cc1. The number of aromatic nitrogens is 2. The number of benzene rings is 3. The second-order valence-corrected chi connectivity index (χ2v) is 18.3. The van der Waals surface area contributed by atoms with Gasteiger partial charge in [-0.05, 0) is 87.6 Å². The highest BCUT2D eigenvalue weighted by Crippen LogP contribution is 2.50. The fraction of sp³-hybridized carbons (Fsp3) is 0.460. The first-order chi connectivity index (χ1) is 33.5. The van der Waals surface area contributed by atoms with Crippen LogP contribution in [0, 0.1) is 11.3 Å². The van der Waals surface area contributed by atoms with Crippen molar-refractivity contribution in [3.05, 3.63) is 134 Å². The van der Waals surface area contributed by atoms with Gasteiger partial charge in [-0.1, -0.05) is 67.4 Å². The average molecular weight is 995 g/mol. The summed E-state index contributed by atoms with van der Waals surface area (Å²) in [5, 5.41) is 13.9.